The third kappa shape index (κ3) is 4.65. The predicted octanol–water partition coefficient (Wildman–Crippen LogP) is 5.00. The van der Waals surface area contributed by atoms with Crippen LogP contribution >= 0.6 is 0 Å². The number of nitrogens with zero attached hydrogens (tertiary/aromatic N) is 3. The quantitative estimate of drug-likeness (QED) is 0.426. The number of carbonyl (C=O) groups excluding carboxylic acids is 1. The normalized spacial score (nSPS) is 12.6. The maximum absolute atomic E-state index is 13.7. The Morgan fingerprint density at radius 1 is 0.939 bits per heavy atom. The second kappa shape index (κ2) is 9.44. The van der Waals surface area contributed by atoms with Gasteiger partial charge in [0, 0.05) is 36.3 Å². The first-order valence-corrected chi connectivity index (χ1v) is 10.8. The maximum atomic E-state index is 13.7. The van der Waals surface area contributed by atoms with Crippen molar-refractivity contribution in [3.63, 3.8) is 0 Å². The molecule has 0 N–H and O–H groups in total. The molecule has 1 amide bonds. The Labute approximate surface area is 192 Å². The molecule has 6 nitrogen and oxygen atoms in total. The number of hydrogen-bond donors (Lipinski definition) is 0. The van der Waals surface area contributed by atoms with E-state index in [0.29, 0.717) is 36.8 Å². The third-order valence-electron chi connectivity index (χ3n) is 5.34. The first kappa shape index (κ1) is 20.6. The van der Waals surface area contributed by atoms with Gasteiger partial charge in [0.15, 0.2) is 11.5 Å². The Morgan fingerprint density at radius 2 is 1.79 bits per heavy atom. The van der Waals surface area contributed by atoms with E-state index in [1.807, 2.05) is 97.2 Å². The summed E-state index contributed by atoms with van der Waals surface area (Å²) in [6.45, 7) is 1.42. The standard InChI is InChI=1S/C27H23N3O3/c31-27(22-10-4-11-24(19-22)30-16-6-14-28-30)29(15-5-9-21-7-2-1-3-8-21)23-12-13-25-26(20-23)33-18-17-32-25/h1-14,16,19-20H,15,17-18H2/b9-5+. The van der Waals surface area contributed by atoms with Crippen LogP contribution in [0.3, 0.4) is 0 Å². The number of amides is 1. The molecule has 0 aliphatic carbocycles. The smallest absolute Gasteiger partial charge is 0.258 e. The van der Waals surface area contributed by atoms with Crippen molar-refractivity contribution in [2.24, 2.45) is 0 Å². The zero-order valence-electron chi connectivity index (χ0n) is 18.0. The first-order chi connectivity index (χ1) is 16.3. The molecule has 0 unspecified atom stereocenters. The fraction of sp³-hybridized carbons (Fsp3) is 0.111. The molecule has 3 aromatic carbocycles. The van der Waals surface area contributed by atoms with Gasteiger partial charge >= 0.3 is 0 Å². The van der Waals surface area contributed by atoms with Gasteiger partial charge in [0.1, 0.15) is 13.2 Å². The zero-order valence-corrected chi connectivity index (χ0v) is 18.0. The molecule has 0 saturated heterocycles. The second-order valence-corrected chi connectivity index (χ2v) is 7.56. The van der Waals surface area contributed by atoms with Gasteiger partial charge in [0.05, 0.1) is 5.69 Å². The first-order valence-electron chi connectivity index (χ1n) is 10.8. The van der Waals surface area contributed by atoms with Crippen molar-refractivity contribution in [1.29, 1.82) is 0 Å². The molecular formula is C27H23N3O3. The lowest BCUT2D eigenvalue weighted by molar-refractivity contribution is 0.0989. The summed E-state index contributed by atoms with van der Waals surface area (Å²) in [4.78, 5) is 15.4. The van der Waals surface area contributed by atoms with E-state index < -0.39 is 0 Å². The molecule has 1 aliphatic rings. The summed E-state index contributed by atoms with van der Waals surface area (Å²) in [7, 11) is 0. The highest BCUT2D eigenvalue weighted by atomic mass is 16.6. The highest BCUT2D eigenvalue weighted by Gasteiger charge is 2.20. The van der Waals surface area contributed by atoms with Gasteiger partial charge in [-0.25, -0.2) is 4.68 Å². The van der Waals surface area contributed by atoms with Gasteiger partial charge in [-0.15, -0.1) is 0 Å². The molecule has 0 saturated carbocycles. The van der Waals surface area contributed by atoms with E-state index in [1.165, 1.54) is 0 Å². The highest BCUT2D eigenvalue weighted by molar-refractivity contribution is 6.06. The van der Waals surface area contributed by atoms with E-state index >= 15 is 0 Å². The number of anilines is 1. The number of aromatic nitrogens is 2. The molecule has 0 radical (unpaired) electrons. The van der Waals surface area contributed by atoms with E-state index in [-0.39, 0.29) is 5.91 Å². The van der Waals surface area contributed by atoms with Crippen LogP contribution in [-0.2, 0) is 0 Å². The van der Waals surface area contributed by atoms with Gasteiger partial charge < -0.3 is 14.4 Å². The Bertz CT molecular complexity index is 1270. The molecule has 6 heteroatoms. The molecule has 4 aromatic rings. The van der Waals surface area contributed by atoms with Crippen LogP contribution in [0.15, 0.2) is 97.3 Å². The van der Waals surface area contributed by atoms with Crippen molar-refractivity contribution in [3.05, 3.63) is 108 Å². The molecular weight excluding hydrogens is 414 g/mol. The Hall–Kier alpha value is -4.32. The number of carbonyl (C=O) groups is 1. The molecule has 1 aliphatic heterocycles. The van der Waals surface area contributed by atoms with Crippen LogP contribution in [0, 0.1) is 0 Å². The zero-order chi connectivity index (χ0) is 22.5. The lowest BCUT2D eigenvalue weighted by atomic mass is 10.1. The average Bonchev–Trinajstić information content (AvgIpc) is 3.42. The molecule has 33 heavy (non-hydrogen) atoms. The molecule has 0 spiro atoms. The van der Waals surface area contributed by atoms with E-state index in [2.05, 4.69) is 5.10 Å². The summed E-state index contributed by atoms with van der Waals surface area (Å²) in [6.07, 6.45) is 7.56. The van der Waals surface area contributed by atoms with Crippen LogP contribution in [0.4, 0.5) is 5.69 Å². The molecule has 0 fully saturated rings. The third-order valence-corrected chi connectivity index (χ3v) is 5.34. The number of benzene rings is 3. The largest absolute Gasteiger partial charge is 0.486 e. The SMILES string of the molecule is O=C(c1cccc(-n2cccn2)c1)N(C/C=C/c1ccccc1)c1ccc2c(c1)OCCO2. The molecule has 164 valence electrons. The van der Waals surface area contributed by atoms with Gasteiger partial charge in [0.2, 0.25) is 0 Å². The number of hydrogen-bond acceptors (Lipinski definition) is 4. The average molecular weight is 437 g/mol. The Balaban J connectivity index is 1.47. The summed E-state index contributed by atoms with van der Waals surface area (Å²) in [6, 6.07) is 24.9. The van der Waals surface area contributed by atoms with Crippen molar-refractivity contribution >= 4 is 17.7 Å². The highest BCUT2D eigenvalue weighted by Crippen LogP contribution is 2.34. The topological polar surface area (TPSA) is 56.6 Å². The molecule has 1 aromatic heterocycles. The van der Waals surface area contributed by atoms with Crippen LogP contribution in [0.1, 0.15) is 15.9 Å². The number of ether oxygens (including phenoxy) is 2. The summed E-state index contributed by atoms with van der Waals surface area (Å²) in [5, 5.41) is 4.27. The van der Waals surface area contributed by atoms with Crippen molar-refractivity contribution in [3.8, 4) is 17.2 Å². The van der Waals surface area contributed by atoms with Crippen LogP contribution in [0.5, 0.6) is 11.5 Å². The molecule has 5 rings (SSSR count). The summed E-state index contributed by atoms with van der Waals surface area (Å²) in [5.74, 6) is 1.23. The van der Waals surface area contributed by atoms with Crippen molar-refractivity contribution < 1.29 is 14.3 Å². The van der Waals surface area contributed by atoms with Gasteiger partial charge in [-0.2, -0.15) is 5.10 Å². The van der Waals surface area contributed by atoms with Crippen LogP contribution in [0.25, 0.3) is 11.8 Å². The lowest BCUT2D eigenvalue weighted by Gasteiger charge is -2.25. The predicted molar refractivity (Wildman–Crippen MR) is 128 cm³/mol. The summed E-state index contributed by atoms with van der Waals surface area (Å²) >= 11 is 0. The minimum absolute atomic E-state index is 0.113. The maximum Gasteiger partial charge on any atom is 0.258 e. The Kier molecular flexibility index (Phi) is 5.89. The van der Waals surface area contributed by atoms with Gasteiger partial charge in [-0.05, 0) is 42.0 Å². The van der Waals surface area contributed by atoms with E-state index in [4.69, 9.17) is 9.47 Å². The Morgan fingerprint density at radius 3 is 2.61 bits per heavy atom. The van der Waals surface area contributed by atoms with Crippen LogP contribution in [-0.4, -0.2) is 35.4 Å². The molecule has 0 atom stereocenters. The van der Waals surface area contributed by atoms with E-state index in [1.54, 1.807) is 15.8 Å². The van der Waals surface area contributed by atoms with Gasteiger partial charge in [0.25, 0.3) is 5.91 Å². The van der Waals surface area contributed by atoms with Crippen molar-refractivity contribution in [2.45, 2.75) is 0 Å². The van der Waals surface area contributed by atoms with Gasteiger partial charge in [-0.3, -0.25) is 4.79 Å². The van der Waals surface area contributed by atoms with Crippen LogP contribution < -0.4 is 14.4 Å². The molecule has 2 heterocycles. The van der Waals surface area contributed by atoms with Crippen LogP contribution in [0.2, 0.25) is 0 Å². The fourth-order valence-electron chi connectivity index (χ4n) is 3.72. The summed E-state index contributed by atoms with van der Waals surface area (Å²) in [5.41, 5.74) is 3.22. The minimum Gasteiger partial charge on any atom is -0.486 e. The second-order valence-electron chi connectivity index (χ2n) is 7.56. The van der Waals surface area contributed by atoms with Gasteiger partial charge in [-0.1, -0.05) is 48.6 Å². The summed E-state index contributed by atoms with van der Waals surface area (Å²) < 4.78 is 13.1. The fourth-order valence-corrected chi connectivity index (χ4v) is 3.72. The van der Waals surface area contributed by atoms with E-state index in [9.17, 15) is 4.79 Å². The van der Waals surface area contributed by atoms with Crippen molar-refractivity contribution in [2.75, 3.05) is 24.7 Å². The minimum atomic E-state index is -0.113. The van der Waals surface area contributed by atoms with Crippen molar-refractivity contribution in [1.82, 2.24) is 9.78 Å². The number of fused-ring (bicyclic) bond motifs is 1. The van der Waals surface area contributed by atoms with E-state index in [0.717, 1.165) is 16.9 Å². The number of rotatable bonds is 6. The monoisotopic (exact) mass is 437 g/mol. The molecule has 0 bridgehead atoms. The lowest BCUT2D eigenvalue weighted by Crippen LogP contribution is -2.31.